The van der Waals surface area contributed by atoms with Gasteiger partial charge in [-0.15, -0.1) is 0 Å². The SMILES string of the molecule is Cc1cccnc1C(=O)NCCC(O)C(=O)O. The summed E-state index contributed by atoms with van der Waals surface area (Å²) >= 11 is 0. The summed E-state index contributed by atoms with van der Waals surface area (Å²) in [6, 6.07) is 3.48. The molecule has 1 rings (SSSR count). The minimum atomic E-state index is -1.46. The Morgan fingerprint density at radius 3 is 2.82 bits per heavy atom. The number of amides is 1. The van der Waals surface area contributed by atoms with Gasteiger partial charge in [0.15, 0.2) is 6.10 Å². The van der Waals surface area contributed by atoms with E-state index in [9.17, 15) is 9.59 Å². The Balaban J connectivity index is 2.46. The van der Waals surface area contributed by atoms with Crippen LogP contribution in [0.4, 0.5) is 0 Å². The van der Waals surface area contributed by atoms with Crippen molar-refractivity contribution in [2.24, 2.45) is 0 Å². The van der Waals surface area contributed by atoms with Crippen molar-refractivity contribution in [3.05, 3.63) is 29.6 Å². The molecule has 0 bridgehead atoms. The average molecular weight is 238 g/mol. The fourth-order valence-electron chi connectivity index (χ4n) is 1.25. The zero-order valence-electron chi connectivity index (χ0n) is 9.38. The summed E-state index contributed by atoms with van der Waals surface area (Å²) in [6.45, 7) is 1.84. The quantitative estimate of drug-likeness (QED) is 0.668. The number of aliphatic hydroxyl groups excluding tert-OH is 1. The zero-order chi connectivity index (χ0) is 12.8. The van der Waals surface area contributed by atoms with Crippen LogP contribution in [0.2, 0.25) is 0 Å². The molecule has 0 spiro atoms. The molecule has 0 saturated heterocycles. The number of carboxylic acid groups (broad SMARTS) is 1. The van der Waals surface area contributed by atoms with Crippen molar-refractivity contribution in [1.82, 2.24) is 10.3 Å². The fraction of sp³-hybridized carbons (Fsp3) is 0.364. The zero-order valence-corrected chi connectivity index (χ0v) is 9.38. The van der Waals surface area contributed by atoms with Crippen LogP contribution in [-0.4, -0.2) is 39.7 Å². The van der Waals surface area contributed by atoms with Crippen LogP contribution in [0.5, 0.6) is 0 Å². The van der Waals surface area contributed by atoms with Crippen LogP contribution in [0.3, 0.4) is 0 Å². The maximum absolute atomic E-state index is 11.6. The second-order valence-corrected chi connectivity index (χ2v) is 3.57. The van der Waals surface area contributed by atoms with Gasteiger partial charge in [0.05, 0.1) is 0 Å². The molecule has 0 radical (unpaired) electrons. The van der Waals surface area contributed by atoms with Gasteiger partial charge in [-0.1, -0.05) is 6.07 Å². The topological polar surface area (TPSA) is 99.5 Å². The summed E-state index contributed by atoms with van der Waals surface area (Å²) in [4.78, 5) is 25.9. The summed E-state index contributed by atoms with van der Waals surface area (Å²) in [5.41, 5.74) is 1.04. The Hall–Kier alpha value is -1.95. The molecule has 1 aromatic heterocycles. The number of carbonyl (C=O) groups is 2. The molecule has 0 aromatic carbocycles. The predicted octanol–water partition coefficient (Wildman–Crippen LogP) is -0.0446. The highest BCUT2D eigenvalue weighted by Crippen LogP contribution is 2.02. The first kappa shape index (κ1) is 13.1. The number of carbonyl (C=O) groups excluding carboxylic acids is 1. The standard InChI is InChI=1S/C11H14N2O4/c1-7-3-2-5-12-9(7)10(15)13-6-4-8(14)11(16)17/h2-3,5,8,14H,4,6H2,1H3,(H,13,15)(H,16,17). The molecule has 6 nitrogen and oxygen atoms in total. The van der Waals surface area contributed by atoms with Gasteiger partial charge in [0.25, 0.3) is 5.91 Å². The van der Waals surface area contributed by atoms with Gasteiger partial charge in [-0.2, -0.15) is 0 Å². The third-order valence-corrected chi connectivity index (χ3v) is 2.21. The Kier molecular flexibility index (Phi) is 4.59. The molecule has 0 aliphatic carbocycles. The van der Waals surface area contributed by atoms with E-state index < -0.39 is 12.1 Å². The molecule has 92 valence electrons. The molecule has 0 aliphatic heterocycles. The molecule has 0 fully saturated rings. The number of nitrogens with zero attached hydrogens (tertiary/aromatic N) is 1. The van der Waals surface area contributed by atoms with E-state index in [4.69, 9.17) is 10.2 Å². The number of carboxylic acids is 1. The van der Waals surface area contributed by atoms with Crippen LogP contribution in [0.25, 0.3) is 0 Å². The van der Waals surface area contributed by atoms with Gasteiger partial charge in [0, 0.05) is 19.2 Å². The van der Waals surface area contributed by atoms with E-state index in [1.165, 1.54) is 6.20 Å². The largest absolute Gasteiger partial charge is 0.479 e. The van der Waals surface area contributed by atoms with Gasteiger partial charge in [0.2, 0.25) is 0 Å². The highest BCUT2D eigenvalue weighted by molar-refractivity contribution is 5.93. The van der Waals surface area contributed by atoms with Crippen molar-refractivity contribution < 1.29 is 19.8 Å². The highest BCUT2D eigenvalue weighted by atomic mass is 16.4. The van der Waals surface area contributed by atoms with Gasteiger partial charge in [-0.05, 0) is 18.6 Å². The van der Waals surface area contributed by atoms with Gasteiger partial charge in [-0.25, -0.2) is 4.79 Å². The molecule has 17 heavy (non-hydrogen) atoms. The number of pyridine rings is 1. The lowest BCUT2D eigenvalue weighted by molar-refractivity contribution is -0.146. The minimum absolute atomic E-state index is 0.0348. The number of rotatable bonds is 5. The van der Waals surface area contributed by atoms with Crippen molar-refractivity contribution >= 4 is 11.9 Å². The van der Waals surface area contributed by atoms with E-state index >= 15 is 0 Å². The van der Waals surface area contributed by atoms with Gasteiger partial charge < -0.3 is 15.5 Å². The molecule has 1 atom stereocenters. The van der Waals surface area contributed by atoms with E-state index in [2.05, 4.69) is 10.3 Å². The Morgan fingerprint density at radius 1 is 1.53 bits per heavy atom. The second kappa shape index (κ2) is 5.95. The molecule has 6 heteroatoms. The van der Waals surface area contributed by atoms with Crippen molar-refractivity contribution in [1.29, 1.82) is 0 Å². The smallest absolute Gasteiger partial charge is 0.332 e. The Bertz CT molecular complexity index is 420. The van der Waals surface area contributed by atoms with Gasteiger partial charge in [0.1, 0.15) is 5.69 Å². The van der Waals surface area contributed by atoms with Crippen LogP contribution in [-0.2, 0) is 4.79 Å². The summed E-state index contributed by atoms with van der Waals surface area (Å²) in [5.74, 6) is -1.67. The van der Waals surface area contributed by atoms with Crippen molar-refractivity contribution in [2.45, 2.75) is 19.4 Å². The molecule has 1 aromatic rings. The third-order valence-electron chi connectivity index (χ3n) is 2.21. The van der Waals surface area contributed by atoms with E-state index in [0.29, 0.717) is 5.69 Å². The van der Waals surface area contributed by atoms with Crippen molar-refractivity contribution in [2.75, 3.05) is 6.54 Å². The number of aromatic nitrogens is 1. The maximum Gasteiger partial charge on any atom is 0.332 e. The molecule has 1 amide bonds. The number of aliphatic carboxylic acids is 1. The summed E-state index contributed by atoms with van der Waals surface area (Å²) in [5, 5.41) is 19.9. The van der Waals surface area contributed by atoms with Crippen LogP contribution < -0.4 is 5.32 Å². The lowest BCUT2D eigenvalue weighted by Gasteiger charge is -2.08. The lowest BCUT2D eigenvalue weighted by Crippen LogP contribution is -2.30. The van der Waals surface area contributed by atoms with Gasteiger partial charge >= 0.3 is 5.97 Å². The number of hydrogen-bond acceptors (Lipinski definition) is 4. The molecule has 0 aliphatic rings. The van der Waals surface area contributed by atoms with E-state index in [0.717, 1.165) is 5.56 Å². The maximum atomic E-state index is 11.6. The van der Waals surface area contributed by atoms with Crippen LogP contribution in [0.1, 0.15) is 22.5 Å². The molecular weight excluding hydrogens is 224 g/mol. The Morgan fingerprint density at radius 2 is 2.24 bits per heavy atom. The predicted molar refractivity (Wildman–Crippen MR) is 59.6 cm³/mol. The minimum Gasteiger partial charge on any atom is -0.479 e. The van der Waals surface area contributed by atoms with Crippen LogP contribution in [0, 0.1) is 6.92 Å². The highest BCUT2D eigenvalue weighted by Gasteiger charge is 2.14. The van der Waals surface area contributed by atoms with E-state index in [1.807, 2.05) is 0 Å². The molecular formula is C11H14N2O4. The molecule has 0 saturated carbocycles. The average Bonchev–Trinajstić information content (AvgIpc) is 2.29. The molecule has 1 heterocycles. The summed E-state index contributed by atoms with van der Waals surface area (Å²) < 4.78 is 0. The van der Waals surface area contributed by atoms with Crippen molar-refractivity contribution in [3.63, 3.8) is 0 Å². The fourth-order valence-corrected chi connectivity index (χ4v) is 1.25. The van der Waals surface area contributed by atoms with E-state index in [-0.39, 0.29) is 18.9 Å². The van der Waals surface area contributed by atoms with E-state index in [1.54, 1.807) is 19.1 Å². The lowest BCUT2D eigenvalue weighted by atomic mass is 10.2. The van der Waals surface area contributed by atoms with Crippen LogP contribution in [0.15, 0.2) is 18.3 Å². The number of aryl methyl sites for hydroxylation is 1. The van der Waals surface area contributed by atoms with Crippen LogP contribution >= 0.6 is 0 Å². The first-order valence-corrected chi connectivity index (χ1v) is 5.13. The van der Waals surface area contributed by atoms with Gasteiger partial charge in [-0.3, -0.25) is 9.78 Å². The number of aliphatic hydroxyl groups is 1. The third kappa shape index (κ3) is 3.84. The number of hydrogen-bond donors (Lipinski definition) is 3. The number of nitrogens with one attached hydrogen (secondary N) is 1. The Labute approximate surface area is 98.3 Å². The summed E-state index contributed by atoms with van der Waals surface area (Å²) in [6.07, 6.45) is 0.0150. The summed E-state index contributed by atoms with van der Waals surface area (Å²) in [7, 11) is 0. The molecule has 3 N–H and O–H groups in total. The van der Waals surface area contributed by atoms with Crippen molar-refractivity contribution in [3.8, 4) is 0 Å². The second-order valence-electron chi connectivity index (χ2n) is 3.57. The normalized spacial score (nSPS) is 11.9. The first-order valence-electron chi connectivity index (χ1n) is 5.13. The monoisotopic (exact) mass is 238 g/mol. The molecule has 1 unspecified atom stereocenters. The first-order chi connectivity index (χ1) is 8.02.